The first-order valence-electron chi connectivity index (χ1n) is 10.0. The largest absolute Gasteiger partial charge is 0.352 e. The average Bonchev–Trinajstić information content (AvgIpc) is 2.66. The molecule has 28 heavy (non-hydrogen) atoms. The molecule has 0 aromatic heterocycles. The summed E-state index contributed by atoms with van der Waals surface area (Å²) in [6.45, 7) is 9.41. The minimum atomic E-state index is 0.00659. The van der Waals surface area contributed by atoms with Crippen molar-refractivity contribution in [2.75, 3.05) is 0 Å². The molecule has 0 radical (unpaired) electrons. The Morgan fingerprint density at radius 3 is 1.68 bits per heavy atom. The number of carbonyl (C=O) groups excluding carboxylic acids is 2. The molecule has 0 aliphatic rings. The van der Waals surface area contributed by atoms with Crippen LogP contribution in [0.4, 0.5) is 0 Å². The van der Waals surface area contributed by atoms with E-state index >= 15 is 0 Å². The molecule has 4 heteroatoms. The average molecular weight is 381 g/mol. The van der Waals surface area contributed by atoms with Crippen molar-refractivity contribution in [1.29, 1.82) is 0 Å². The van der Waals surface area contributed by atoms with Crippen molar-refractivity contribution in [3.63, 3.8) is 0 Å². The molecule has 0 aliphatic carbocycles. The van der Waals surface area contributed by atoms with Crippen molar-refractivity contribution < 1.29 is 9.59 Å². The minimum Gasteiger partial charge on any atom is -0.352 e. The summed E-state index contributed by atoms with van der Waals surface area (Å²) in [5.41, 5.74) is 4.27. The third-order valence-corrected chi connectivity index (χ3v) is 4.64. The SMILES string of the molecule is CC(C)NCc1ccc(CC(=O)NCc2ccc(CC(=O)C(C)C)cc2)cc1. The van der Waals surface area contributed by atoms with Gasteiger partial charge in [-0.05, 0) is 22.3 Å². The zero-order chi connectivity index (χ0) is 20.5. The molecule has 1 amide bonds. The van der Waals surface area contributed by atoms with Crippen molar-refractivity contribution in [3.8, 4) is 0 Å². The second kappa shape index (κ2) is 10.8. The standard InChI is InChI=1S/C24H32N2O2/c1-17(2)23(27)13-19-5-9-22(10-6-19)16-26-24(28)14-20-7-11-21(12-8-20)15-25-18(3)4/h5-12,17-18,25H,13-16H2,1-4H3,(H,26,28). The van der Waals surface area contributed by atoms with Crippen molar-refractivity contribution in [1.82, 2.24) is 10.6 Å². The van der Waals surface area contributed by atoms with Gasteiger partial charge in [-0.25, -0.2) is 0 Å². The Morgan fingerprint density at radius 2 is 1.18 bits per heavy atom. The molecule has 0 heterocycles. The first kappa shape index (κ1) is 21.8. The Kier molecular flexibility index (Phi) is 8.40. The number of Topliss-reactive ketones (excluding diaryl/α,β-unsaturated/α-hetero) is 1. The zero-order valence-corrected chi connectivity index (χ0v) is 17.4. The van der Waals surface area contributed by atoms with Gasteiger partial charge < -0.3 is 10.6 Å². The van der Waals surface area contributed by atoms with Gasteiger partial charge in [0.25, 0.3) is 0 Å². The van der Waals surface area contributed by atoms with Crippen LogP contribution in [0.5, 0.6) is 0 Å². The first-order chi connectivity index (χ1) is 13.3. The second-order valence-electron chi connectivity index (χ2n) is 7.92. The summed E-state index contributed by atoms with van der Waals surface area (Å²) in [5.74, 6) is 0.304. The summed E-state index contributed by atoms with van der Waals surface area (Å²) < 4.78 is 0. The molecule has 4 nitrogen and oxygen atoms in total. The topological polar surface area (TPSA) is 58.2 Å². The quantitative estimate of drug-likeness (QED) is 0.659. The van der Waals surface area contributed by atoms with Crippen molar-refractivity contribution in [2.45, 2.75) is 59.7 Å². The number of rotatable bonds is 10. The number of amides is 1. The van der Waals surface area contributed by atoms with Crippen LogP contribution in [-0.2, 0) is 35.5 Å². The maximum absolute atomic E-state index is 12.2. The van der Waals surface area contributed by atoms with E-state index in [1.807, 2.05) is 50.2 Å². The highest BCUT2D eigenvalue weighted by molar-refractivity contribution is 5.82. The van der Waals surface area contributed by atoms with Crippen LogP contribution in [-0.4, -0.2) is 17.7 Å². The molecule has 150 valence electrons. The van der Waals surface area contributed by atoms with Gasteiger partial charge in [-0.1, -0.05) is 76.2 Å². The lowest BCUT2D eigenvalue weighted by atomic mass is 10.0. The molecule has 0 fully saturated rings. The van der Waals surface area contributed by atoms with E-state index < -0.39 is 0 Å². The molecule has 0 atom stereocenters. The predicted molar refractivity (Wildman–Crippen MR) is 114 cm³/mol. The summed E-state index contributed by atoms with van der Waals surface area (Å²) in [6.07, 6.45) is 0.839. The van der Waals surface area contributed by atoms with Crippen LogP contribution in [0.25, 0.3) is 0 Å². The van der Waals surface area contributed by atoms with Gasteiger partial charge in [-0.3, -0.25) is 9.59 Å². The van der Waals surface area contributed by atoms with E-state index in [1.54, 1.807) is 0 Å². The third-order valence-electron chi connectivity index (χ3n) is 4.64. The van der Waals surface area contributed by atoms with Crippen LogP contribution in [0.2, 0.25) is 0 Å². The summed E-state index contributed by atoms with van der Waals surface area (Å²) in [5, 5.41) is 6.34. The molecule has 0 aliphatic heterocycles. The maximum atomic E-state index is 12.2. The Bertz CT molecular complexity index is 762. The Morgan fingerprint density at radius 1 is 0.714 bits per heavy atom. The fourth-order valence-electron chi connectivity index (χ4n) is 2.73. The van der Waals surface area contributed by atoms with Crippen LogP contribution >= 0.6 is 0 Å². The van der Waals surface area contributed by atoms with Gasteiger partial charge in [0, 0.05) is 31.5 Å². The Hall–Kier alpha value is -2.46. The van der Waals surface area contributed by atoms with E-state index in [2.05, 4.69) is 36.6 Å². The number of benzene rings is 2. The van der Waals surface area contributed by atoms with Crippen molar-refractivity contribution in [3.05, 3.63) is 70.8 Å². The minimum absolute atomic E-state index is 0.00659. The summed E-state index contributed by atoms with van der Waals surface area (Å²) >= 11 is 0. The monoisotopic (exact) mass is 380 g/mol. The van der Waals surface area contributed by atoms with Gasteiger partial charge in [0.1, 0.15) is 5.78 Å². The van der Waals surface area contributed by atoms with Gasteiger partial charge in [0.15, 0.2) is 0 Å². The smallest absolute Gasteiger partial charge is 0.224 e. The summed E-state index contributed by atoms with van der Waals surface area (Å²) in [4.78, 5) is 24.0. The van der Waals surface area contributed by atoms with E-state index in [4.69, 9.17) is 0 Å². The molecule has 0 bridgehead atoms. The van der Waals surface area contributed by atoms with E-state index in [0.29, 0.717) is 25.4 Å². The highest BCUT2D eigenvalue weighted by Crippen LogP contribution is 2.09. The van der Waals surface area contributed by atoms with Crippen LogP contribution < -0.4 is 10.6 Å². The van der Waals surface area contributed by atoms with Crippen molar-refractivity contribution >= 4 is 11.7 Å². The van der Waals surface area contributed by atoms with E-state index in [1.165, 1.54) is 5.56 Å². The third kappa shape index (κ3) is 7.65. The van der Waals surface area contributed by atoms with E-state index in [-0.39, 0.29) is 17.6 Å². The normalized spacial score (nSPS) is 11.1. The highest BCUT2D eigenvalue weighted by atomic mass is 16.1. The number of carbonyl (C=O) groups is 2. The molecule has 0 saturated carbocycles. The molecule has 2 aromatic carbocycles. The molecular weight excluding hydrogens is 348 g/mol. The molecule has 2 aromatic rings. The maximum Gasteiger partial charge on any atom is 0.224 e. The lowest BCUT2D eigenvalue weighted by Gasteiger charge is -2.09. The van der Waals surface area contributed by atoms with Crippen LogP contribution in [0.15, 0.2) is 48.5 Å². The number of hydrogen-bond acceptors (Lipinski definition) is 3. The summed E-state index contributed by atoms with van der Waals surface area (Å²) in [7, 11) is 0. The molecule has 0 unspecified atom stereocenters. The Labute approximate surface area is 168 Å². The zero-order valence-electron chi connectivity index (χ0n) is 17.4. The van der Waals surface area contributed by atoms with Gasteiger partial charge in [0.2, 0.25) is 5.91 Å². The van der Waals surface area contributed by atoms with E-state index in [0.717, 1.165) is 23.2 Å². The number of hydrogen-bond donors (Lipinski definition) is 2. The molecule has 2 rings (SSSR count). The molecule has 0 spiro atoms. The van der Waals surface area contributed by atoms with Crippen LogP contribution in [0.1, 0.15) is 49.9 Å². The summed E-state index contributed by atoms with van der Waals surface area (Å²) in [6, 6.07) is 16.5. The fraction of sp³-hybridized carbons (Fsp3) is 0.417. The van der Waals surface area contributed by atoms with Gasteiger partial charge >= 0.3 is 0 Å². The lowest BCUT2D eigenvalue weighted by molar-refractivity contribution is -0.121. The van der Waals surface area contributed by atoms with Gasteiger partial charge in [0.05, 0.1) is 6.42 Å². The Balaban J connectivity index is 1.78. The van der Waals surface area contributed by atoms with Gasteiger partial charge in [-0.2, -0.15) is 0 Å². The highest BCUT2D eigenvalue weighted by Gasteiger charge is 2.08. The fourth-order valence-corrected chi connectivity index (χ4v) is 2.73. The van der Waals surface area contributed by atoms with Crippen LogP contribution in [0, 0.1) is 5.92 Å². The van der Waals surface area contributed by atoms with E-state index in [9.17, 15) is 9.59 Å². The predicted octanol–water partition coefficient (Wildman–Crippen LogP) is 3.81. The van der Waals surface area contributed by atoms with Crippen LogP contribution in [0.3, 0.4) is 0 Å². The second-order valence-corrected chi connectivity index (χ2v) is 7.92. The number of nitrogens with one attached hydrogen (secondary N) is 2. The molecule has 2 N–H and O–H groups in total. The van der Waals surface area contributed by atoms with Crippen molar-refractivity contribution in [2.24, 2.45) is 5.92 Å². The van der Waals surface area contributed by atoms with Gasteiger partial charge in [-0.15, -0.1) is 0 Å². The lowest BCUT2D eigenvalue weighted by Crippen LogP contribution is -2.24. The molecular formula is C24H32N2O2. The first-order valence-corrected chi connectivity index (χ1v) is 10.0. The number of ketones is 1. The molecule has 0 saturated heterocycles.